The topological polar surface area (TPSA) is 60.5 Å². The smallest absolute Gasteiger partial charge is 0.159 e. The summed E-state index contributed by atoms with van der Waals surface area (Å²) in [6.07, 6.45) is -0.263. The monoisotopic (exact) mass is 614 g/mol. The first-order valence-corrected chi connectivity index (χ1v) is 16.0. The van der Waals surface area contributed by atoms with Crippen LogP contribution in [0, 0.1) is 11.3 Å². The summed E-state index contributed by atoms with van der Waals surface area (Å²) < 4.78 is 0. The highest BCUT2D eigenvalue weighted by molar-refractivity contribution is 6.13. The zero-order chi connectivity index (χ0) is 32.3. The molecule has 0 fully saturated rings. The van der Waals surface area contributed by atoms with Gasteiger partial charge in [-0.1, -0.05) is 152 Å². The predicted octanol–water partition coefficient (Wildman–Crippen LogP) is 10.2. The van der Waals surface area contributed by atoms with Gasteiger partial charge in [0.05, 0.1) is 11.6 Å². The van der Waals surface area contributed by atoms with Crippen LogP contribution in [0.15, 0.2) is 180 Å². The maximum atomic E-state index is 9.53. The Morgan fingerprint density at radius 2 is 1.02 bits per heavy atom. The summed E-state index contributed by atoms with van der Waals surface area (Å²) in [5.41, 5.74) is 10.4. The molecule has 1 unspecified atom stereocenters. The molecular weight excluding hydrogens is 585 g/mol. The lowest BCUT2D eigenvalue weighted by atomic mass is 9.95. The maximum absolute atomic E-state index is 9.53. The first-order valence-electron chi connectivity index (χ1n) is 16.0. The third-order valence-electron chi connectivity index (χ3n) is 8.80. The van der Waals surface area contributed by atoms with Crippen molar-refractivity contribution < 1.29 is 0 Å². The Morgan fingerprint density at radius 1 is 0.479 bits per heavy atom. The first kappa shape index (κ1) is 28.9. The summed E-state index contributed by atoms with van der Waals surface area (Å²) in [5.74, 6) is 1.53. The van der Waals surface area contributed by atoms with E-state index in [0.29, 0.717) is 11.4 Å². The van der Waals surface area contributed by atoms with E-state index in [1.54, 1.807) is 0 Å². The second-order valence-corrected chi connectivity index (χ2v) is 11.8. The molecule has 8 rings (SSSR count). The van der Waals surface area contributed by atoms with E-state index in [0.717, 1.165) is 55.9 Å². The van der Waals surface area contributed by atoms with Gasteiger partial charge in [-0.25, -0.2) is 9.98 Å². The van der Waals surface area contributed by atoms with Gasteiger partial charge in [-0.15, -0.1) is 0 Å². The van der Waals surface area contributed by atoms with Gasteiger partial charge in [0.25, 0.3) is 0 Å². The van der Waals surface area contributed by atoms with Crippen LogP contribution in [0.4, 0.5) is 0 Å². The lowest BCUT2D eigenvalue weighted by molar-refractivity contribution is 0.674. The summed E-state index contributed by atoms with van der Waals surface area (Å²) in [4.78, 5) is 9.90. The van der Waals surface area contributed by atoms with E-state index in [9.17, 15) is 5.26 Å². The van der Waals surface area contributed by atoms with E-state index in [2.05, 4.69) is 108 Å². The van der Waals surface area contributed by atoms with E-state index in [1.165, 1.54) is 10.8 Å². The Hall–Kier alpha value is -6.57. The second-order valence-electron chi connectivity index (χ2n) is 11.8. The standard InChI is InChI=1S/C44H30N4/c45-29-39-13-7-8-14-41(39)33-21-15-30(16-22-33)37-25-19-32-20-26-38(28-40(32)27-37)31-17-23-36(24-18-31)44-47-42(34-9-3-1-4-10-34)46-43(48-44)35-11-5-2-6-12-35/h1-28,44H,(H,46,47,48). The van der Waals surface area contributed by atoms with Crippen molar-refractivity contribution in [2.45, 2.75) is 6.17 Å². The average Bonchev–Trinajstić information content (AvgIpc) is 3.18. The van der Waals surface area contributed by atoms with Crippen molar-refractivity contribution in [3.63, 3.8) is 0 Å². The average molecular weight is 615 g/mol. The van der Waals surface area contributed by atoms with E-state index in [-0.39, 0.29) is 6.17 Å². The molecular formula is C44H30N4. The molecule has 0 aliphatic carbocycles. The SMILES string of the molecule is N#Cc1ccccc1-c1ccc(-c2ccc3ccc(-c4ccc(C5N=C(c6ccccc6)N=C(c6ccccc6)N5)cc4)cc3c2)cc1. The molecule has 1 atom stereocenters. The van der Waals surface area contributed by atoms with Gasteiger partial charge in [-0.05, 0) is 67.9 Å². The fourth-order valence-corrected chi connectivity index (χ4v) is 6.22. The fraction of sp³-hybridized carbons (Fsp3) is 0.0227. The first-order chi connectivity index (χ1) is 23.7. The van der Waals surface area contributed by atoms with Gasteiger partial charge in [0.15, 0.2) is 5.84 Å². The molecule has 1 aliphatic rings. The number of hydrogen-bond acceptors (Lipinski definition) is 4. The summed E-state index contributed by atoms with van der Waals surface area (Å²) in [6.45, 7) is 0. The lowest BCUT2D eigenvalue weighted by Crippen LogP contribution is -2.33. The van der Waals surface area contributed by atoms with Crippen molar-refractivity contribution >= 4 is 22.4 Å². The van der Waals surface area contributed by atoms with Crippen molar-refractivity contribution in [2.24, 2.45) is 9.98 Å². The number of hydrogen-bond donors (Lipinski definition) is 1. The van der Waals surface area contributed by atoms with E-state index in [4.69, 9.17) is 9.98 Å². The van der Waals surface area contributed by atoms with Gasteiger partial charge in [0, 0.05) is 11.1 Å². The van der Waals surface area contributed by atoms with Gasteiger partial charge >= 0.3 is 0 Å². The van der Waals surface area contributed by atoms with Crippen LogP contribution >= 0.6 is 0 Å². The molecule has 1 N–H and O–H groups in total. The molecule has 0 bridgehead atoms. The van der Waals surface area contributed by atoms with Crippen LogP contribution in [-0.2, 0) is 0 Å². The van der Waals surface area contributed by atoms with E-state index >= 15 is 0 Å². The molecule has 0 spiro atoms. The van der Waals surface area contributed by atoms with Gasteiger partial charge in [-0.3, -0.25) is 0 Å². The van der Waals surface area contributed by atoms with Crippen LogP contribution in [0.25, 0.3) is 44.2 Å². The minimum absolute atomic E-state index is 0.263. The maximum Gasteiger partial charge on any atom is 0.159 e. The molecule has 7 aromatic rings. The quantitative estimate of drug-likeness (QED) is 0.203. The molecule has 7 aromatic carbocycles. The molecule has 4 nitrogen and oxygen atoms in total. The number of nitriles is 1. The molecule has 0 aromatic heterocycles. The number of rotatable bonds is 6. The van der Waals surface area contributed by atoms with Crippen molar-refractivity contribution in [3.05, 3.63) is 192 Å². The molecule has 0 radical (unpaired) electrons. The number of fused-ring (bicyclic) bond motifs is 1. The third-order valence-corrected chi connectivity index (χ3v) is 8.80. The summed E-state index contributed by atoms with van der Waals surface area (Å²) in [5, 5.41) is 15.5. The Kier molecular flexibility index (Phi) is 7.62. The zero-order valence-electron chi connectivity index (χ0n) is 26.1. The van der Waals surface area contributed by atoms with Crippen molar-refractivity contribution in [3.8, 4) is 39.4 Å². The predicted molar refractivity (Wildman–Crippen MR) is 197 cm³/mol. The van der Waals surface area contributed by atoms with Crippen LogP contribution in [0.5, 0.6) is 0 Å². The van der Waals surface area contributed by atoms with Crippen LogP contribution in [-0.4, -0.2) is 11.7 Å². The highest BCUT2D eigenvalue weighted by Crippen LogP contribution is 2.32. The van der Waals surface area contributed by atoms with Gasteiger partial charge < -0.3 is 5.32 Å². The van der Waals surface area contributed by atoms with E-state index < -0.39 is 0 Å². The minimum atomic E-state index is -0.263. The highest BCUT2D eigenvalue weighted by atomic mass is 15.2. The zero-order valence-corrected chi connectivity index (χ0v) is 26.1. The van der Waals surface area contributed by atoms with Crippen LogP contribution < -0.4 is 5.32 Å². The highest BCUT2D eigenvalue weighted by Gasteiger charge is 2.21. The molecule has 0 saturated carbocycles. The fourth-order valence-electron chi connectivity index (χ4n) is 6.22. The normalized spacial score (nSPS) is 14.0. The molecule has 0 saturated heterocycles. The Morgan fingerprint density at radius 3 is 1.67 bits per heavy atom. The largest absolute Gasteiger partial charge is 0.344 e. The number of nitrogens with one attached hydrogen (secondary N) is 1. The summed E-state index contributed by atoms with van der Waals surface area (Å²) >= 11 is 0. The molecule has 1 aliphatic heterocycles. The van der Waals surface area contributed by atoms with Gasteiger partial charge in [0.1, 0.15) is 12.0 Å². The van der Waals surface area contributed by atoms with Gasteiger partial charge in [-0.2, -0.15) is 5.26 Å². The second kappa shape index (κ2) is 12.7. The van der Waals surface area contributed by atoms with Crippen LogP contribution in [0.3, 0.4) is 0 Å². The van der Waals surface area contributed by atoms with E-state index in [1.807, 2.05) is 72.8 Å². The lowest BCUT2D eigenvalue weighted by Gasteiger charge is -2.23. The molecule has 0 amide bonds. The van der Waals surface area contributed by atoms with Crippen LogP contribution in [0.1, 0.15) is 28.4 Å². The molecule has 48 heavy (non-hydrogen) atoms. The minimum Gasteiger partial charge on any atom is -0.344 e. The third kappa shape index (κ3) is 5.77. The number of aliphatic imine (C=N–C) groups is 2. The molecule has 1 heterocycles. The van der Waals surface area contributed by atoms with Crippen molar-refractivity contribution in [2.75, 3.05) is 0 Å². The number of amidine groups is 2. The Bertz CT molecular complexity index is 2350. The van der Waals surface area contributed by atoms with Crippen molar-refractivity contribution in [1.29, 1.82) is 5.26 Å². The number of nitrogens with zero attached hydrogens (tertiary/aromatic N) is 3. The van der Waals surface area contributed by atoms with Crippen molar-refractivity contribution in [1.82, 2.24) is 5.32 Å². The Balaban J connectivity index is 1.07. The molecule has 4 heteroatoms. The van der Waals surface area contributed by atoms with Crippen LogP contribution in [0.2, 0.25) is 0 Å². The summed E-state index contributed by atoms with van der Waals surface area (Å²) in [6, 6.07) is 60.7. The van der Waals surface area contributed by atoms with Gasteiger partial charge in [0.2, 0.25) is 0 Å². The molecule has 226 valence electrons. The Labute approximate surface area is 280 Å². The summed E-state index contributed by atoms with van der Waals surface area (Å²) in [7, 11) is 0. The number of benzene rings is 7.